The quantitative estimate of drug-likeness (QED) is 0.874. The van der Waals surface area contributed by atoms with Gasteiger partial charge in [0.2, 0.25) is 5.78 Å². The molecule has 3 rings (SSSR count). The lowest BCUT2D eigenvalue weighted by molar-refractivity contribution is -0.138. The number of thiophene rings is 1. The Hall–Kier alpha value is -1.40. The summed E-state index contributed by atoms with van der Waals surface area (Å²) in [6, 6.07) is 5.31. The highest BCUT2D eigenvalue weighted by molar-refractivity contribution is 9.10. The molecule has 4 nitrogen and oxygen atoms in total. The van der Waals surface area contributed by atoms with E-state index < -0.39 is 11.9 Å². The number of rotatable bonds is 3. The van der Waals surface area contributed by atoms with Crippen LogP contribution >= 0.6 is 27.3 Å². The van der Waals surface area contributed by atoms with Crippen molar-refractivity contribution in [1.82, 2.24) is 4.57 Å². The summed E-state index contributed by atoms with van der Waals surface area (Å²) in [5.74, 6) is -1.37. The monoisotopic (exact) mass is 339 g/mol. The lowest BCUT2D eigenvalue weighted by Gasteiger charge is -2.04. The summed E-state index contributed by atoms with van der Waals surface area (Å²) >= 11 is 4.74. The van der Waals surface area contributed by atoms with Crippen molar-refractivity contribution in [2.45, 2.75) is 18.9 Å². The Morgan fingerprint density at radius 2 is 2.16 bits per heavy atom. The number of carbonyl (C=O) groups is 2. The van der Waals surface area contributed by atoms with E-state index in [1.54, 1.807) is 12.1 Å². The fraction of sp³-hybridized carbons (Fsp3) is 0.231. The first kappa shape index (κ1) is 12.6. The molecule has 0 fully saturated rings. The molecule has 0 saturated carbocycles. The number of carbonyl (C=O) groups excluding carboxylic acids is 1. The van der Waals surface area contributed by atoms with Gasteiger partial charge in [0.25, 0.3) is 0 Å². The van der Waals surface area contributed by atoms with Gasteiger partial charge in [-0.25, -0.2) is 0 Å². The van der Waals surface area contributed by atoms with Crippen molar-refractivity contribution in [2.75, 3.05) is 0 Å². The summed E-state index contributed by atoms with van der Waals surface area (Å²) in [7, 11) is 0. The van der Waals surface area contributed by atoms with Gasteiger partial charge in [-0.1, -0.05) is 0 Å². The highest BCUT2D eigenvalue weighted by Crippen LogP contribution is 2.33. The molecule has 98 valence electrons. The number of carboxylic acids is 1. The Kier molecular flexibility index (Phi) is 3.06. The smallest absolute Gasteiger partial charge is 0.312 e. The maximum atomic E-state index is 12.4. The normalized spacial score (nSPS) is 17.4. The van der Waals surface area contributed by atoms with E-state index in [0.717, 1.165) is 10.2 Å². The summed E-state index contributed by atoms with van der Waals surface area (Å²) in [5, 5.41) is 11.0. The van der Waals surface area contributed by atoms with E-state index in [1.165, 1.54) is 11.3 Å². The molecule has 3 heterocycles. The molecule has 0 saturated heterocycles. The van der Waals surface area contributed by atoms with E-state index in [2.05, 4.69) is 15.9 Å². The summed E-state index contributed by atoms with van der Waals surface area (Å²) in [5.41, 5.74) is 1.30. The highest BCUT2D eigenvalue weighted by Gasteiger charge is 2.32. The number of hydrogen-bond donors (Lipinski definition) is 1. The van der Waals surface area contributed by atoms with Crippen LogP contribution in [0.3, 0.4) is 0 Å². The first-order valence-corrected chi connectivity index (χ1v) is 7.47. The van der Waals surface area contributed by atoms with Gasteiger partial charge < -0.3 is 9.67 Å². The largest absolute Gasteiger partial charge is 0.481 e. The fourth-order valence-corrected chi connectivity index (χ4v) is 3.96. The zero-order chi connectivity index (χ0) is 13.6. The van der Waals surface area contributed by atoms with E-state index in [4.69, 9.17) is 5.11 Å². The molecule has 1 aliphatic heterocycles. The maximum absolute atomic E-state index is 12.4. The lowest BCUT2D eigenvalue weighted by Crippen LogP contribution is -2.09. The molecule has 0 spiro atoms. The minimum atomic E-state index is -0.826. The molecule has 1 unspecified atom stereocenters. The Balaban J connectivity index is 2.01. The molecule has 0 radical (unpaired) electrons. The zero-order valence-electron chi connectivity index (χ0n) is 9.80. The van der Waals surface area contributed by atoms with Crippen LogP contribution < -0.4 is 0 Å². The van der Waals surface area contributed by atoms with Crippen LogP contribution in [-0.2, 0) is 11.3 Å². The van der Waals surface area contributed by atoms with Crippen LogP contribution in [0.5, 0.6) is 0 Å². The third-order valence-electron chi connectivity index (χ3n) is 3.37. The van der Waals surface area contributed by atoms with Gasteiger partial charge in [-0.3, -0.25) is 9.59 Å². The van der Waals surface area contributed by atoms with Gasteiger partial charge in [-0.05, 0) is 45.9 Å². The lowest BCUT2D eigenvalue weighted by atomic mass is 10.1. The second-order valence-electron chi connectivity index (χ2n) is 4.40. The van der Waals surface area contributed by atoms with Gasteiger partial charge in [-0.15, -0.1) is 11.3 Å². The van der Waals surface area contributed by atoms with Crippen LogP contribution in [0.15, 0.2) is 28.1 Å². The molecule has 0 aromatic carbocycles. The minimum Gasteiger partial charge on any atom is -0.481 e. The van der Waals surface area contributed by atoms with E-state index in [9.17, 15) is 9.59 Å². The molecule has 1 aliphatic rings. The number of aliphatic carboxylic acids is 1. The second-order valence-corrected chi connectivity index (χ2v) is 6.17. The molecule has 0 bridgehead atoms. The number of aromatic nitrogens is 1. The molecule has 19 heavy (non-hydrogen) atoms. The predicted octanol–water partition coefficient (Wildman–Crippen LogP) is 3.12. The Morgan fingerprint density at radius 1 is 1.37 bits per heavy atom. The molecular formula is C13H10BrNO3S. The average molecular weight is 340 g/mol. The molecule has 2 aromatic heterocycles. The van der Waals surface area contributed by atoms with Crippen LogP contribution in [0.1, 0.15) is 33.4 Å². The SMILES string of the molecule is O=C(c1sccc1Br)c1ccc2n1CCC2C(=O)O. The zero-order valence-corrected chi connectivity index (χ0v) is 12.2. The maximum Gasteiger partial charge on any atom is 0.312 e. The van der Waals surface area contributed by atoms with Gasteiger partial charge in [0.05, 0.1) is 16.5 Å². The average Bonchev–Trinajstić information content (AvgIpc) is 3.01. The number of nitrogens with zero attached hydrogens (tertiary/aromatic N) is 1. The van der Waals surface area contributed by atoms with Crippen molar-refractivity contribution < 1.29 is 14.7 Å². The number of hydrogen-bond acceptors (Lipinski definition) is 3. The molecule has 1 atom stereocenters. The van der Waals surface area contributed by atoms with Crippen molar-refractivity contribution in [3.8, 4) is 0 Å². The second kappa shape index (κ2) is 4.61. The number of fused-ring (bicyclic) bond motifs is 1. The topological polar surface area (TPSA) is 59.3 Å². The van der Waals surface area contributed by atoms with Crippen LogP contribution in [0.2, 0.25) is 0 Å². The van der Waals surface area contributed by atoms with Crippen LogP contribution in [0.4, 0.5) is 0 Å². The van der Waals surface area contributed by atoms with Crippen molar-refractivity contribution in [1.29, 1.82) is 0 Å². The van der Waals surface area contributed by atoms with Crippen molar-refractivity contribution >= 4 is 39.0 Å². The molecular weight excluding hydrogens is 330 g/mol. The number of halogens is 1. The van der Waals surface area contributed by atoms with Crippen LogP contribution in [-0.4, -0.2) is 21.4 Å². The van der Waals surface area contributed by atoms with E-state index in [1.807, 2.05) is 16.0 Å². The van der Waals surface area contributed by atoms with Gasteiger partial charge in [-0.2, -0.15) is 0 Å². The van der Waals surface area contributed by atoms with Gasteiger partial charge in [0.15, 0.2) is 0 Å². The van der Waals surface area contributed by atoms with Gasteiger partial charge in [0, 0.05) is 16.7 Å². The van der Waals surface area contributed by atoms with Crippen molar-refractivity contribution in [3.63, 3.8) is 0 Å². The first-order valence-electron chi connectivity index (χ1n) is 5.79. The molecule has 0 amide bonds. The molecule has 2 aromatic rings. The van der Waals surface area contributed by atoms with E-state index in [0.29, 0.717) is 23.5 Å². The summed E-state index contributed by atoms with van der Waals surface area (Å²) in [6.07, 6.45) is 0.553. The summed E-state index contributed by atoms with van der Waals surface area (Å²) in [4.78, 5) is 24.2. The summed E-state index contributed by atoms with van der Waals surface area (Å²) < 4.78 is 2.61. The van der Waals surface area contributed by atoms with Crippen LogP contribution in [0.25, 0.3) is 0 Å². The van der Waals surface area contributed by atoms with Crippen LogP contribution in [0, 0.1) is 0 Å². The summed E-state index contributed by atoms with van der Waals surface area (Å²) in [6.45, 7) is 0.587. The van der Waals surface area contributed by atoms with Crippen molar-refractivity contribution in [2.24, 2.45) is 0 Å². The number of carboxylic acid groups (broad SMARTS) is 1. The Bertz CT molecular complexity index is 673. The Labute approximate surface area is 121 Å². The van der Waals surface area contributed by atoms with Gasteiger partial charge >= 0.3 is 5.97 Å². The highest BCUT2D eigenvalue weighted by atomic mass is 79.9. The Morgan fingerprint density at radius 3 is 2.79 bits per heavy atom. The van der Waals surface area contributed by atoms with E-state index in [-0.39, 0.29) is 5.78 Å². The standard InChI is InChI=1S/C13H10BrNO3S/c14-8-4-6-19-12(8)11(16)10-2-1-9-7(13(17)18)3-5-15(9)10/h1-2,4,6-7H,3,5H2,(H,17,18). The minimum absolute atomic E-state index is 0.0563. The fourth-order valence-electron chi connectivity index (χ4n) is 2.46. The molecule has 0 aliphatic carbocycles. The molecule has 6 heteroatoms. The van der Waals surface area contributed by atoms with Crippen molar-refractivity contribution in [3.05, 3.63) is 44.3 Å². The number of ketones is 1. The predicted molar refractivity (Wildman–Crippen MR) is 74.9 cm³/mol. The van der Waals surface area contributed by atoms with E-state index >= 15 is 0 Å². The van der Waals surface area contributed by atoms with Gasteiger partial charge in [0.1, 0.15) is 0 Å². The molecule has 1 N–H and O–H groups in total. The first-order chi connectivity index (χ1) is 9.09. The third kappa shape index (κ3) is 1.95. The third-order valence-corrected chi connectivity index (χ3v) is 5.20.